The van der Waals surface area contributed by atoms with Gasteiger partial charge in [0.2, 0.25) is 0 Å². The number of hydrogen-bond donors (Lipinski definition) is 1. The van der Waals surface area contributed by atoms with E-state index in [0.29, 0.717) is 5.82 Å². The van der Waals surface area contributed by atoms with Gasteiger partial charge >= 0.3 is 0 Å². The zero-order valence-corrected chi connectivity index (χ0v) is 13.1. The molecule has 1 aromatic carbocycles. The second-order valence-corrected chi connectivity index (χ2v) is 6.12. The van der Waals surface area contributed by atoms with Crippen LogP contribution in [0, 0.1) is 0 Å². The fourth-order valence-corrected chi connectivity index (χ4v) is 3.48. The van der Waals surface area contributed by atoms with Crippen molar-refractivity contribution in [1.29, 1.82) is 0 Å². The van der Waals surface area contributed by atoms with Crippen LogP contribution in [0.2, 0.25) is 0 Å². The zero-order valence-electron chi connectivity index (χ0n) is 10.7. The van der Waals surface area contributed by atoms with Crippen molar-refractivity contribution in [2.75, 3.05) is 5.73 Å². The lowest BCUT2D eigenvalue weighted by Gasteiger charge is -2.00. The lowest BCUT2D eigenvalue weighted by molar-refractivity contribution is 0.656. The molecule has 0 radical (unpaired) electrons. The van der Waals surface area contributed by atoms with Crippen LogP contribution in [0.1, 0.15) is 6.92 Å². The Bertz CT molecular complexity index is 771. The number of aromatic nitrogens is 4. The van der Waals surface area contributed by atoms with Gasteiger partial charge in [-0.25, -0.2) is 14.6 Å². The first-order valence-corrected chi connectivity index (χ1v) is 7.70. The quantitative estimate of drug-likeness (QED) is 0.785. The number of hydrogen-bond acceptors (Lipinski definition) is 5. The Balaban J connectivity index is 2.12. The van der Waals surface area contributed by atoms with Crippen LogP contribution in [0.25, 0.3) is 11.0 Å². The van der Waals surface area contributed by atoms with Gasteiger partial charge in [-0.15, -0.1) is 0 Å². The molecule has 0 unspecified atom stereocenters. The molecule has 20 heavy (non-hydrogen) atoms. The van der Waals surface area contributed by atoms with Crippen molar-refractivity contribution in [1.82, 2.24) is 19.7 Å². The maximum absolute atomic E-state index is 5.98. The number of benzene rings is 1. The predicted octanol–water partition coefficient (Wildman–Crippen LogP) is 3.34. The van der Waals surface area contributed by atoms with Gasteiger partial charge in [-0.1, -0.05) is 33.8 Å². The van der Waals surface area contributed by atoms with E-state index < -0.39 is 0 Å². The van der Waals surface area contributed by atoms with Gasteiger partial charge in [0, 0.05) is 15.9 Å². The Kier molecular flexibility index (Phi) is 3.62. The topological polar surface area (TPSA) is 69.6 Å². The van der Waals surface area contributed by atoms with Crippen LogP contribution in [0.5, 0.6) is 0 Å². The van der Waals surface area contributed by atoms with Crippen molar-refractivity contribution in [3.05, 3.63) is 35.1 Å². The molecule has 102 valence electrons. The molecule has 3 rings (SSSR count). The number of anilines is 1. The Labute approximate surface area is 128 Å². The highest BCUT2D eigenvalue weighted by Crippen LogP contribution is 2.35. The SMILES string of the molecule is CCn1nc(Sc2cccc(Br)c2)c2c(N)ncnc21. The summed E-state index contributed by atoms with van der Waals surface area (Å²) in [7, 11) is 0. The van der Waals surface area contributed by atoms with E-state index in [1.807, 2.05) is 35.9 Å². The second-order valence-electron chi connectivity index (χ2n) is 4.14. The molecule has 0 saturated heterocycles. The number of fused-ring (bicyclic) bond motifs is 1. The second kappa shape index (κ2) is 5.41. The van der Waals surface area contributed by atoms with E-state index in [4.69, 9.17) is 5.73 Å². The zero-order chi connectivity index (χ0) is 14.1. The molecular weight excluding hydrogens is 338 g/mol. The molecule has 3 aromatic rings. The van der Waals surface area contributed by atoms with Gasteiger partial charge in [0.25, 0.3) is 0 Å². The summed E-state index contributed by atoms with van der Waals surface area (Å²) < 4.78 is 2.87. The van der Waals surface area contributed by atoms with Crippen molar-refractivity contribution >= 4 is 44.5 Å². The highest BCUT2D eigenvalue weighted by molar-refractivity contribution is 9.10. The molecule has 0 saturated carbocycles. The molecule has 0 fully saturated rings. The van der Waals surface area contributed by atoms with Crippen LogP contribution < -0.4 is 5.73 Å². The number of nitrogens with two attached hydrogens (primary N) is 1. The molecule has 0 bridgehead atoms. The first-order valence-electron chi connectivity index (χ1n) is 6.09. The summed E-state index contributed by atoms with van der Waals surface area (Å²) in [5.74, 6) is 0.465. The van der Waals surface area contributed by atoms with E-state index in [9.17, 15) is 0 Å². The molecule has 2 heterocycles. The number of nitrogen functional groups attached to an aromatic ring is 1. The minimum atomic E-state index is 0.465. The molecular formula is C13H12BrN5S. The summed E-state index contributed by atoms with van der Waals surface area (Å²) in [5, 5.41) is 6.23. The summed E-state index contributed by atoms with van der Waals surface area (Å²) in [4.78, 5) is 9.43. The number of nitrogens with zero attached hydrogens (tertiary/aromatic N) is 4. The van der Waals surface area contributed by atoms with Gasteiger partial charge in [-0.2, -0.15) is 5.10 Å². The van der Waals surface area contributed by atoms with Crippen molar-refractivity contribution in [2.45, 2.75) is 23.4 Å². The normalized spacial score (nSPS) is 11.1. The van der Waals surface area contributed by atoms with Crippen LogP contribution in [0.3, 0.4) is 0 Å². The van der Waals surface area contributed by atoms with Crippen LogP contribution in [-0.2, 0) is 6.54 Å². The lowest BCUT2D eigenvalue weighted by Crippen LogP contribution is -1.98. The molecule has 0 amide bonds. The van der Waals surface area contributed by atoms with Crippen LogP contribution >= 0.6 is 27.7 Å². The predicted molar refractivity (Wildman–Crippen MR) is 83.7 cm³/mol. The Morgan fingerprint density at radius 2 is 2.20 bits per heavy atom. The van der Waals surface area contributed by atoms with Gasteiger partial charge in [0.15, 0.2) is 5.65 Å². The number of rotatable bonds is 3. The number of aryl methyl sites for hydroxylation is 1. The Morgan fingerprint density at radius 3 is 2.95 bits per heavy atom. The largest absolute Gasteiger partial charge is 0.383 e. The molecule has 2 N–H and O–H groups in total. The molecule has 0 aliphatic rings. The molecule has 0 atom stereocenters. The third-order valence-corrected chi connectivity index (χ3v) is 4.30. The molecule has 2 aromatic heterocycles. The molecule has 0 aliphatic carbocycles. The van der Waals surface area contributed by atoms with Gasteiger partial charge in [0.05, 0.1) is 5.39 Å². The van der Waals surface area contributed by atoms with Crippen molar-refractivity contribution in [3.63, 3.8) is 0 Å². The summed E-state index contributed by atoms with van der Waals surface area (Å²) in [6.07, 6.45) is 1.47. The minimum absolute atomic E-state index is 0.465. The van der Waals surface area contributed by atoms with Gasteiger partial charge in [-0.05, 0) is 25.1 Å². The minimum Gasteiger partial charge on any atom is -0.383 e. The maximum Gasteiger partial charge on any atom is 0.164 e. The third-order valence-electron chi connectivity index (χ3n) is 2.84. The van der Waals surface area contributed by atoms with Crippen molar-refractivity contribution in [3.8, 4) is 0 Å². The molecule has 5 nitrogen and oxygen atoms in total. The first-order chi connectivity index (χ1) is 9.69. The monoisotopic (exact) mass is 349 g/mol. The average Bonchev–Trinajstić information content (AvgIpc) is 2.78. The van der Waals surface area contributed by atoms with E-state index in [1.54, 1.807) is 11.8 Å². The average molecular weight is 350 g/mol. The van der Waals surface area contributed by atoms with Crippen molar-refractivity contribution in [2.24, 2.45) is 0 Å². The van der Waals surface area contributed by atoms with Crippen molar-refractivity contribution < 1.29 is 0 Å². The highest BCUT2D eigenvalue weighted by atomic mass is 79.9. The number of halogens is 1. The molecule has 0 aliphatic heterocycles. The molecule has 0 spiro atoms. The van der Waals surface area contributed by atoms with Gasteiger partial charge in [0.1, 0.15) is 17.2 Å². The van der Waals surface area contributed by atoms with E-state index in [1.165, 1.54) is 6.33 Å². The van der Waals surface area contributed by atoms with E-state index in [-0.39, 0.29) is 0 Å². The first kappa shape index (κ1) is 13.4. The standard InChI is InChI=1S/C13H12BrN5S/c1-2-19-12-10(11(15)16-7-17-12)13(18-19)20-9-5-3-4-8(14)6-9/h3-7H,2H2,1H3,(H2,15,16,17). The van der Waals surface area contributed by atoms with Crippen LogP contribution in [-0.4, -0.2) is 19.7 Å². The fraction of sp³-hybridized carbons (Fsp3) is 0.154. The van der Waals surface area contributed by atoms with E-state index >= 15 is 0 Å². The highest BCUT2D eigenvalue weighted by Gasteiger charge is 2.15. The van der Waals surface area contributed by atoms with Crippen LogP contribution in [0.15, 0.2) is 45.0 Å². The van der Waals surface area contributed by atoms with Gasteiger partial charge in [-0.3, -0.25) is 0 Å². The van der Waals surface area contributed by atoms with E-state index in [2.05, 4.69) is 31.0 Å². The molecule has 7 heteroatoms. The van der Waals surface area contributed by atoms with Crippen LogP contribution in [0.4, 0.5) is 5.82 Å². The fourth-order valence-electron chi connectivity index (χ4n) is 1.93. The smallest absolute Gasteiger partial charge is 0.164 e. The lowest BCUT2D eigenvalue weighted by atomic mass is 10.4. The summed E-state index contributed by atoms with van der Waals surface area (Å²) in [6.45, 7) is 2.77. The summed E-state index contributed by atoms with van der Waals surface area (Å²) >= 11 is 5.03. The summed E-state index contributed by atoms with van der Waals surface area (Å²) in [6, 6.07) is 8.06. The Morgan fingerprint density at radius 1 is 1.35 bits per heavy atom. The third kappa shape index (κ3) is 2.38. The van der Waals surface area contributed by atoms with Gasteiger partial charge < -0.3 is 5.73 Å². The van der Waals surface area contributed by atoms with E-state index in [0.717, 1.165) is 32.0 Å². The Hall–Kier alpha value is -1.60. The maximum atomic E-state index is 5.98. The summed E-state index contributed by atoms with van der Waals surface area (Å²) in [5.41, 5.74) is 6.76.